The molecule has 0 saturated heterocycles. The third-order valence-corrected chi connectivity index (χ3v) is 2.51. The first-order chi connectivity index (χ1) is 7.65. The number of rotatable bonds is 3. The average molecular weight is 257 g/mol. The Hall–Kier alpha value is -1.47. The standard InChI is InChI=1S/C9H7NO4S2/c11-9(12)6-1-4-2-7(13-15)8(14-16)3-5(4)10-6/h1-3,10,15-16H,(H,11,12). The summed E-state index contributed by atoms with van der Waals surface area (Å²) in [4.78, 5) is 13.5. The first-order valence-corrected chi connectivity index (χ1v) is 4.91. The number of carboxylic acids is 1. The van der Waals surface area contributed by atoms with Crippen molar-refractivity contribution >= 4 is 42.7 Å². The Morgan fingerprint density at radius 1 is 1.19 bits per heavy atom. The molecule has 2 aromatic rings. The highest BCUT2D eigenvalue weighted by Gasteiger charge is 2.12. The van der Waals surface area contributed by atoms with Crippen molar-refractivity contribution in [2.24, 2.45) is 0 Å². The molecule has 1 aromatic carbocycles. The predicted molar refractivity (Wildman–Crippen MR) is 64.5 cm³/mol. The van der Waals surface area contributed by atoms with Crippen LogP contribution in [0, 0.1) is 0 Å². The fourth-order valence-corrected chi connectivity index (χ4v) is 1.68. The third-order valence-electron chi connectivity index (χ3n) is 2.11. The molecule has 2 rings (SSSR count). The van der Waals surface area contributed by atoms with Crippen LogP contribution < -0.4 is 8.37 Å². The molecule has 0 amide bonds. The smallest absolute Gasteiger partial charge is 0.352 e. The molecule has 0 atom stereocenters. The minimum absolute atomic E-state index is 0.0939. The Morgan fingerprint density at radius 3 is 2.38 bits per heavy atom. The molecule has 2 N–H and O–H groups in total. The lowest BCUT2D eigenvalue weighted by atomic mass is 10.2. The van der Waals surface area contributed by atoms with E-state index in [1.165, 1.54) is 6.07 Å². The van der Waals surface area contributed by atoms with Gasteiger partial charge < -0.3 is 18.5 Å². The topological polar surface area (TPSA) is 71.6 Å². The maximum Gasteiger partial charge on any atom is 0.352 e. The van der Waals surface area contributed by atoms with Crippen LogP contribution in [0.1, 0.15) is 10.5 Å². The maximum absolute atomic E-state index is 10.8. The highest BCUT2D eigenvalue weighted by atomic mass is 32.1. The summed E-state index contributed by atoms with van der Waals surface area (Å²) in [6, 6.07) is 4.69. The Kier molecular flexibility index (Phi) is 2.88. The fourth-order valence-electron chi connectivity index (χ4n) is 1.40. The van der Waals surface area contributed by atoms with Crippen LogP contribution >= 0.6 is 25.8 Å². The lowest BCUT2D eigenvalue weighted by molar-refractivity contribution is 0.0691. The number of thiol groups is 2. The number of nitrogens with one attached hydrogen (secondary N) is 1. The molecule has 0 saturated carbocycles. The van der Waals surface area contributed by atoms with Crippen LogP contribution in [0.2, 0.25) is 0 Å². The van der Waals surface area contributed by atoms with Gasteiger partial charge in [0.15, 0.2) is 11.5 Å². The molecular weight excluding hydrogens is 250 g/mol. The molecule has 5 nitrogen and oxygen atoms in total. The van der Waals surface area contributed by atoms with Gasteiger partial charge in [0.1, 0.15) is 5.69 Å². The largest absolute Gasteiger partial charge is 0.477 e. The van der Waals surface area contributed by atoms with E-state index < -0.39 is 5.97 Å². The molecule has 0 aliphatic rings. The lowest BCUT2D eigenvalue weighted by Crippen LogP contribution is -1.94. The zero-order valence-corrected chi connectivity index (χ0v) is 9.59. The number of H-pyrrole nitrogens is 1. The summed E-state index contributed by atoms with van der Waals surface area (Å²) in [6.45, 7) is 0. The van der Waals surface area contributed by atoms with Crippen molar-refractivity contribution in [2.75, 3.05) is 0 Å². The van der Waals surface area contributed by atoms with Crippen LogP contribution in [0.25, 0.3) is 10.9 Å². The molecule has 16 heavy (non-hydrogen) atoms. The summed E-state index contributed by atoms with van der Waals surface area (Å²) in [5.41, 5.74) is 0.715. The monoisotopic (exact) mass is 257 g/mol. The van der Waals surface area contributed by atoms with E-state index in [4.69, 9.17) is 13.5 Å². The van der Waals surface area contributed by atoms with Crippen LogP contribution in [-0.4, -0.2) is 16.1 Å². The van der Waals surface area contributed by atoms with Crippen molar-refractivity contribution in [3.8, 4) is 11.5 Å². The normalized spacial score (nSPS) is 10.4. The number of aromatic amines is 1. The van der Waals surface area contributed by atoms with E-state index in [0.717, 1.165) is 0 Å². The van der Waals surface area contributed by atoms with E-state index in [1.54, 1.807) is 12.1 Å². The van der Waals surface area contributed by atoms with Crippen molar-refractivity contribution in [1.82, 2.24) is 4.98 Å². The van der Waals surface area contributed by atoms with Crippen molar-refractivity contribution in [2.45, 2.75) is 0 Å². The van der Waals surface area contributed by atoms with Gasteiger partial charge in [0.2, 0.25) is 0 Å². The van der Waals surface area contributed by atoms with Gasteiger partial charge in [-0.15, -0.1) is 0 Å². The van der Waals surface area contributed by atoms with Gasteiger partial charge >= 0.3 is 5.97 Å². The number of benzene rings is 1. The van der Waals surface area contributed by atoms with Crippen LogP contribution in [0.15, 0.2) is 18.2 Å². The summed E-state index contributed by atoms with van der Waals surface area (Å²) in [6.07, 6.45) is 0. The number of fused-ring (bicyclic) bond motifs is 1. The summed E-state index contributed by atoms with van der Waals surface area (Å²) in [7, 11) is 0. The average Bonchev–Trinajstić information content (AvgIpc) is 2.69. The first-order valence-electron chi connectivity index (χ1n) is 4.18. The van der Waals surface area contributed by atoms with E-state index in [0.29, 0.717) is 22.4 Å². The quantitative estimate of drug-likeness (QED) is 0.503. The van der Waals surface area contributed by atoms with Crippen molar-refractivity contribution < 1.29 is 18.3 Å². The Morgan fingerprint density at radius 2 is 1.81 bits per heavy atom. The number of hydrogen-bond donors (Lipinski definition) is 4. The predicted octanol–water partition coefficient (Wildman–Crippen LogP) is 2.31. The van der Waals surface area contributed by atoms with Gasteiger partial charge in [-0.25, -0.2) is 4.79 Å². The van der Waals surface area contributed by atoms with Gasteiger partial charge in [0.05, 0.1) is 5.52 Å². The van der Waals surface area contributed by atoms with E-state index in [-0.39, 0.29) is 5.69 Å². The Balaban J connectivity index is 2.64. The lowest BCUT2D eigenvalue weighted by Gasteiger charge is -2.04. The number of hydrogen-bond acceptors (Lipinski definition) is 5. The molecule has 0 aliphatic carbocycles. The van der Waals surface area contributed by atoms with Crippen molar-refractivity contribution in [3.63, 3.8) is 0 Å². The fraction of sp³-hybridized carbons (Fsp3) is 0. The second kappa shape index (κ2) is 4.18. The van der Waals surface area contributed by atoms with Gasteiger partial charge in [-0.2, -0.15) is 0 Å². The number of aromatic carboxylic acids is 1. The minimum Gasteiger partial charge on any atom is -0.477 e. The Labute approximate surface area is 102 Å². The van der Waals surface area contributed by atoms with E-state index in [1.807, 2.05) is 0 Å². The van der Waals surface area contributed by atoms with E-state index in [2.05, 4.69) is 30.8 Å². The second-order valence-electron chi connectivity index (χ2n) is 3.06. The van der Waals surface area contributed by atoms with E-state index in [9.17, 15) is 4.79 Å². The van der Waals surface area contributed by atoms with Crippen LogP contribution in [0.4, 0.5) is 0 Å². The zero-order chi connectivity index (χ0) is 11.7. The van der Waals surface area contributed by atoms with Crippen molar-refractivity contribution in [3.05, 3.63) is 23.9 Å². The second-order valence-corrected chi connectivity index (χ2v) is 3.42. The molecule has 1 aromatic heterocycles. The number of carbonyl (C=O) groups is 1. The summed E-state index contributed by atoms with van der Waals surface area (Å²) >= 11 is 7.33. The zero-order valence-electron chi connectivity index (χ0n) is 7.80. The van der Waals surface area contributed by atoms with Gasteiger partial charge in [-0.05, 0) is 12.1 Å². The molecular formula is C9H7NO4S2. The first kappa shape index (κ1) is 11.0. The summed E-state index contributed by atoms with van der Waals surface area (Å²) in [5.74, 6) is -0.315. The molecule has 7 heteroatoms. The SMILES string of the molecule is O=C(O)c1cc2cc(OS)c(OS)cc2[nH]1. The number of carboxylic acid groups (broad SMARTS) is 1. The molecule has 1 heterocycles. The van der Waals surface area contributed by atoms with Gasteiger partial charge in [0.25, 0.3) is 0 Å². The molecule has 0 bridgehead atoms. The highest BCUT2D eigenvalue weighted by Crippen LogP contribution is 2.33. The van der Waals surface area contributed by atoms with Crippen LogP contribution in [0.3, 0.4) is 0 Å². The van der Waals surface area contributed by atoms with Gasteiger partial charge in [-0.3, -0.25) is 0 Å². The minimum atomic E-state index is -1.03. The molecule has 0 fully saturated rings. The van der Waals surface area contributed by atoms with Crippen LogP contribution in [-0.2, 0) is 0 Å². The summed E-state index contributed by atoms with van der Waals surface area (Å²) in [5, 5.41) is 9.51. The van der Waals surface area contributed by atoms with Gasteiger partial charge in [0, 0.05) is 37.3 Å². The summed E-state index contributed by atoms with van der Waals surface area (Å²) < 4.78 is 9.54. The van der Waals surface area contributed by atoms with Crippen molar-refractivity contribution in [1.29, 1.82) is 0 Å². The molecule has 84 valence electrons. The van der Waals surface area contributed by atoms with E-state index >= 15 is 0 Å². The Bertz CT molecular complexity index is 511. The molecule has 0 radical (unpaired) electrons. The molecule has 0 unspecified atom stereocenters. The molecule has 0 spiro atoms. The third kappa shape index (κ3) is 1.79. The maximum atomic E-state index is 10.8. The number of aromatic nitrogens is 1. The molecule has 0 aliphatic heterocycles. The highest BCUT2D eigenvalue weighted by molar-refractivity contribution is 7.75. The van der Waals surface area contributed by atoms with Gasteiger partial charge in [-0.1, -0.05) is 0 Å². The van der Waals surface area contributed by atoms with Crippen LogP contribution in [0.5, 0.6) is 11.5 Å².